The van der Waals surface area contributed by atoms with Crippen LogP contribution in [-0.2, 0) is 19.4 Å². The van der Waals surface area contributed by atoms with E-state index in [1.165, 1.54) is 10.9 Å². The number of fused-ring (bicyclic) bond motifs is 2. The SMILES string of the molecule is CSCCNC(=NCc1ccco1)N1CCN(CCN(CCc2c[nH]c3ccccc23)C(=O)c2ccccc2C(=O)N(C)CCc2c[nH]c3ccccc23)CC1. The number of hydrogen-bond acceptors (Lipinski definition) is 6. The van der Waals surface area contributed by atoms with Crippen LogP contribution >= 0.6 is 11.8 Å². The highest BCUT2D eigenvalue weighted by molar-refractivity contribution is 7.98. The Morgan fingerprint density at radius 1 is 0.786 bits per heavy atom. The molecule has 11 nitrogen and oxygen atoms in total. The Morgan fingerprint density at radius 2 is 1.41 bits per heavy atom. The molecule has 1 aliphatic heterocycles. The van der Waals surface area contributed by atoms with Crippen molar-refractivity contribution >= 4 is 51.3 Å². The predicted octanol–water partition coefficient (Wildman–Crippen LogP) is 6.37. The molecule has 56 heavy (non-hydrogen) atoms. The molecule has 7 rings (SSSR count). The van der Waals surface area contributed by atoms with Crippen LogP contribution in [0, 0.1) is 0 Å². The number of hydrogen-bond donors (Lipinski definition) is 3. The summed E-state index contributed by atoms with van der Waals surface area (Å²) in [6, 6.07) is 27.6. The number of H-pyrrole nitrogens is 2. The Labute approximate surface area is 333 Å². The van der Waals surface area contributed by atoms with Gasteiger partial charge in [0.25, 0.3) is 11.8 Å². The largest absolute Gasteiger partial charge is 0.467 e. The number of thioether (sulfide) groups is 1. The first-order valence-electron chi connectivity index (χ1n) is 19.5. The number of likely N-dealkylation sites (N-methyl/N-ethyl adjacent to an activating group) is 1. The fourth-order valence-corrected chi connectivity index (χ4v) is 7.71. The van der Waals surface area contributed by atoms with Crippen molar-refractivity contribution in [3.63, 3.8) is 0 Å². The Hall–Kier alpha value is -5.46. The molecule has 0 spiro atoms. The van der Waals surface area contributed by atoms with Crippen LogP contribution in [0.5, 0.6) is 0 Å². The number of aromatic amines is 2. The molecule has 1 aliphatic rings. The smallest absolute Gasteiger partial charge is 0.254 e. The molecule has 0 unspecified atom stereocenters. The van der Waals surface area contributed by atoms with E-state index in [9.17, 15) is 9.59 Å². The van der Waals surface area contributed by atoms with Crippen molar-refractivity contribution in [2.75, 3.05) is 78.0 Å². The third-order valence-electron chi connectivity index (χ3n) is 10.7. The molecule has 292 valence electrons. The van der Waals surface area contributed by atoms with Crippen molar-refractivity contribution in [2.45, 2.75) is 19.4 Å². The second-order valence-corrected chi connectivity index (χ2v) is 15.2. The lowest BCUT2D eigenvalue weighted by molar-refractivity contribution is 0.0707. The van der Waals surface area contributed by atoms with Crippen LogP contribution in [0.4, 0.5) is 0 Å². The van der Waals surface area contributed by atoms with Gasteiger partial charge in [-0.1, -0.05) is 48.5 Å². The van der Waals surface area contributed by atoms with Gasteiger partial charge < -0.3 is 34.4 Å². The molecule has 0 bridgehead atoms. The van der Waals surface area contributed by atoms with Crippen molar-refractivity contribution in [1.29, 1.82) is 0 Å². The fraction of sp³-hybridized carbons (Fsp3) is 0.341. The molecule has 1 fully saturated rings. The standard InChI is InChI=1S/C44H52N8O3S/c1-49(20-17-33-30-46-40-15-7-5-11-36(33)40)42(53)38-13-3-4-14-39(38)43(54)51(21-18-34-31-47-41-16-8-6-12-37(34)41)25-22-50-23-26-52(27-24-50)44(45-19-29-56-2)48-32-35-10-9-28-55-35/h3-16,28,30-31,46-47H,17-27,29,32H2,1-2H3,(H,45,48). The van der Waals surface area contributed by atoms with Gasteiger partial charge in [-0.2, -0.15) is 11.8 Å². The zero-order valence-corrected chi connectivity index (χ0v) is 33.2. The summed E-state index contributed by atoms with van der Waals surface area (Å²) >= 11 is 1.81. The number of aromatic nitrogens is 2. The van der Waals surface area contributed by atoms with E-state index in [1.54, 1.807) is 35.1 Å². The number of nitrogens with zero attached hydrogens (tertiary/aromatic N) is 5. The summed E-state index contributed by atoms with van der Waals surface area (Å²) in [5, 5.41) is 5.88. The molecular weight excluding hydrogens is 721 g/mol. The molecule has 0 radical (unpaired) electrons. The molecular formula is C44H52N8O3S. The van der Waals surface area contributed by atoms with Crippen molar-refractivity contribution in [3.8, 4) is 0 Å². The van der Waals surface area contributed by atoms with E-state index in [4.69, 9.17) is 9.41 Å². The highest BCUT2D eigenvalue weighted by Crippen LogP contribution is 2.22. The lowest BCUT2D eigenvalue weighted by atomic mass is 10.0. The number of nitrogens with one attached hydrogen (secondary N) is 3. The average molecular weight is 773 g/mol. The minimum absolute atomic E-state index is 0.122. The summed E-state index contributed by atoms with van der Waals surface area (Å²) < 4.78 is 5.53. The number of benzene rings is 3. The van der Waals surface area contributed by atoms with Crippen molar-refractivity contribution in [2.24, 2.45) is 4.99 Å². The van der Waals surface area contributed by atoms with Gasteiger partial charge in [0.2, 0.25) is 0 Å². The van der Waals surface area contributed by atoms with Crippen LogP contribution in [0.15, 0.2) is 113 Å². The third kappa shape index (κ3) is 9.49. The number of rotatable bonds is 16. The first-order valence-corrected chi connectivity index (χ1v) is 20.9. The monoisotopic (exact) mass is 772 g/mol. The van der Waals surface area contributed by atoms with Gasteiger partial charge in [0, 0.05) is 106 Å². The second kappa shape index (κ2) is 18.9. The molecule has 4 heterocycles. The molecule has 0 aliphatic carbocycles. The van der Waals surface area contributed by atoms with Gasteiger partial charge >= 0.3 is 0 Å². The predicted molar refractivity (Wildman–Crippen MR) is 228 cm³/mol. The molecule has 1 saturated heterocycles. The number of carbonyl (C=O) groups is 2. The molecule has 6 aromatic rings. The topological polar surface area (TPSA) is 116 Å². The van der Waals surface area contributed by atoms with Gasteiger partial charge in [-0.25, -0.2) is 4.99 Å². The average Bonchev–Trinajstić information content (AvgIpc) is 4.02. The fourth-order valence-electron chi connectivity index (χ4n) is 7.40. The summed E-state index contributed by atoms with van der Waals surface area (Å²) in [5.41, 5.74) is 5.37. The highest BCUT2D eigenvalue weighted by Gasteiger charge is 2.26. The van der Waals surface area contributed by atoms with E-state index in [2.05, 4.69) is 55.6 Å². The number of amides is 2. The maximum atomic E-state index is 14.6. The van der Waals surface area contributed by atoms with Crippen LogP contribution in [0.1, 0.15) is 37.6 Å². The van der Waals surface area contributed by atoms with E-state index in [0.717, 1.165) is 78.7 Å². The molecule has 2 amide bonds. The number of furan rings is 1. The zero-order valence-electron chi connectivity index (χ0n) is 32.4. The first-order chi connectivity index (χ1) is 27.5. The van der Waals surface area contributed by atoms with E-state index in [-0.39, 0.29) is 11.8 Å². The Balaban J connectivity index is 1.03. The lowest BCUT2D eigenvalue weighted by Gasteiger charge is -2.37. The summed E-state index contributed by atoms with van der Waals surface area (Å²) in [5.74, 6) is 2.46. The van der Waals surface area contributed by atoms with Crippen LogP contribution in [-0.4, -0.2) is 125 Å². The second-order valence-electron chi connectivity index (χ2n) is 14.3. The molecule has 3 N–H and O–H groups in total. The molecule has 0 atom stereocenters. The molecule has 3 aromatic carbocycles. The highest BCUT2D eigenvalue weighted by atomic mass is 32.2. The zero-order chi connectivity index (χ0) is 38.7. The number of para-hydroxylation sites is 2. The van der Waals surface area contributed by atoms with Gasteiger partial charge in [-0.05, 0) is 66.6 Å². The van der Waals surface area contributed by atoms with Crippen molar-refractivity contribution in [3.05, 3.63) is 132 Å². The van der Waals surface area contributed by atoms with Crippen LogP contribution in [0.3, 0.4) is 0 Å². The van der Waals surface area contributed by atoms with E-state index in [1.807, 2.05) is 72.9 Å². The minimum atomic E-state index is -0.155. The molecule has 0 saturated carbocycles. The lowest BCUT2D eigenvalue weighted by Crippen LogP contribution is -2.54. The van der Waals surface area contributed by atoms with Gasteiger partial charge in [-0.15, -0.1) is 0 Å². The van der Waals surface area contributed by atoms with Gasteiger partial charge in [0.1, 0.15) is 12.3 Å². The van der Waals surface area contributed by atoms with Crippen molar-refractivity contribution < 1.29 is 14.0 Å². The van der Waals surface area contributed by atoms with Gasteiger partial charge in [0.05, 0.1) is 17.4 Å². The minimum Gasteiger partial charge on any atom is -0.467 e. The third-order valence-corrected chi connectivity index (χ3v) is 11.3. The summed E-state index contributed by atoms with van der Waals surface area (Å²) in [7, 11) is 1.82. The van der Waals surface area contributed by atoms with E-state index >= 15 is 0 Å². The summed E-state index contributed by atoms with van der Waals surface area (Å²) in [6.45, 7) is 7.03. The Bertz CT molecular complexity index is 2220. The molecule has 12 heteroatoms. The maximum absolute atomic E-state index is 14.6. The Morgan fingerprint density at radius 3 is 2.05 bits per heavy atom. The van der Waals surface area contributed by atoms with Crippen molar-refractivity contribution in [1.82, 2.24) is 34.9 Å². The number of aliphatic imine (C=N–C) groups is 1. The van der Waals surface area contributed by atoms with Crippen LogP contribution < -0.4 is 5.32 Å². The van der Waals surface area contributed by atoms with Crippen LogP contribution in [0.2, 0.25) is 0 Å². The summed E-state index contributed by atoms with van der Waals surface area (Å²) in [6.07, 6.45) is 9.26. The normalized spacial score (nSPS) is 13.8. The van der Waals surface area contributed by atoms with Gasteiger partial charge in [-0.3, -0.25) is 14.5 Å². The molecule has 3 aromatic heterocycles. The van der Waals surface area contributed by atoms with Gasteiger partial charge in [0.15, 0.2) is 5.96 Å². The van der Waals surface area contributed by atoms with Crippen LogP contribution in [0.25, 0.3) is 21.8 Å². The quantitative estimate of drug-likeness (QED) is 0.0596. The number of piperazine rings is 1. The Kier molecular flexibility index (Phi) is 13.1. The summed E-state index contributed by atoms with van der Waals surface area (Å²) in [4.78, 5) is 48.6. The number of guanidine groups is 1. The van der Waals surface area contributed by atoms with E-state index < -0.39 is 0 Å². The maximum Gasteiger partial charge on any atom is 0.254 e. The first kappa shape index (κ1) is 38.8. The van der Waals surface area contributed by atoms with E-state index in [0.29, 0.717) is 50.1 Å². The number of carbonyl (C=O) groups excluding carboxylic acids is 2.